The van der Waals surface area contributed by atoms with Crippen molar-refractivity contribution >= 4 is 17.0 Å². The highest BCUT2D eigenvalue weighted by atomic mass is 17.1. The third-order valence-electron chi connectivity index (χ3n) is 2.16. The molecule has 72 valence electrons. The van der Waals surface area contributed by atoms with Crippen LogP contribution in [0.25, 0.3) is 10.9 Å². The summed E-state index contributed by atoms with van der Waals surface area (Å²) in [5.41, 5.74) is 1.45. The van der Waals surface area contributed by atoms with E-state index in [9.17, 15) is 4.79 Å². The van der Waals surface area contributed by atoms with Gasteiger partial charge in [0.25, 0.3) is 0 Å². The predicted molar refractivity (Wildman–Crippen MR) is 51.2 cm³/mol. The number of hydrogen-bond donors (Lipinski definition) is 1. The number of rotatable bonds is 0. The molecule has 0 bridgehead atoms. The summed E-state index contributed by atoms with van der Waals surface area (Å²) < 4.78 is 1.31. The Morgan fingerprint density at radius 2 is 2.14 bits per heavy atom. The molecule has 4 heteroatoms. The number of benzene rings is 1. The summed E-state index contributed by atoms with van der Waals surface area (Å²) in [6.07, 6.45) is -0.788. The lowest BCUT2D eigenvalue weighted by atomic mass is 10.2. The van der Waals surface area contributed by atoms with E-state index in [0.29, 0.717) is 0 Å². The van der Waals surface area contributed by atoms with E-state index < -0.39 is 6.09 Å². The smallest absolute Gasteiger partial charge is 0.277 e. The number of nitrogens with zero attached hydrogens (tertiary/aromatic N) is 1. The molecule has 0 saturated carbocycles. The van der Waals surface area contributed by atoms with Crippen molar-refractivity contribution in [3.63, 3.8) is 0 Å². The topological polar surface area (TPSA) is 51.5 Å². The highest BCUT2D eigenvalue weighted by Gasteiger charge is 2.12. The Balaban J connectivity index is 2.74. The maximum absolute atomic E-state index is 11.2. The van der Waals surface area contributed by atoms with Crippen molar-refractivity contribution in [3.8, 4) is 0 Å². The molecular weight excluding hydrogens is 182 g/mol. The van der Waals surface area contributed by atoms with Crippen LogP contribution in [0.2, 0.25) is 0 Å². The molecule has 0 aliphatic carbocycles. The Kier molecular flexibility index (Phi) is 1.98. The molecule has 1 aromatic carbocycles. The second-order valence-electron chi connectivity index (χ2n) is 3.04. The third-order valence-corrected chi connectivity index (χ3v) is 2.16. The number of fused-ring (bicyclic) bond motifs is 1. The Morgan fingerprint density at radius 3 is 2.86 bits per heavy atom. The fraction of sp³-hybridized carbons (Fsp3) is 0.100. The molecular formula is C10H9NO3. The molecule has 1 aromatic heterocycles. The normalized spacial score (nSPS) is 10.4. The van der Waals surface area contributed by atoms with Gasteiger partial charge in [-0.15, -0.1) is 0 Å². The molecule has 2 rings (SSSR count). The zero-order chi connectivity index (χ0) is 10.1. The van der Waals surface area contributed by atoms with Gasteiger partial charge in [0, 0.05) is 11.1 Å². The molecule has 0 aliphatic rings. The van der Waals surface area contributed by atoms with Crippen LogP contribution in [0.15, 0.2) is 30.3 Å². The van der Waals surface area contributed by atoms with Gasteiger partial charge in [-0.1, -0.05) is 18.2 Å². The van der Waals surface area contributed by atoms with Crippen LogP contribution in [0.4, 0.5) is 4.79 Å². The van der Waals surface area contributed by atoms with E-state index in [0.717, 1.165) is 16.6 Å². The highest BCUT2D eigenvalue weighted by Crippen LogP contribution is 2.18. The third kappa shape index (κ3) is 1.16. The lowest BCUT2D eigenvalue weighted by Crippen LogP contribution is -2.12. The molecule has 1 heterocycles. The van der Waals surface area contributed by atoms with Crippen LogP contribution in [0, 0.1) is 6.92 Å². The summed E-state index contributed by atoms with van der Waals surface area (Å²) >= 11 is 0. The van der Waals surface area contributed by atoms with Gasteiger partial charge < -0.3 is 0 Å². The molecule has 0 atom stereocenters. The van der Waals surface area contributed by atoms with E-state index in [-0.39, 0.29) is 0 Å². The van der Waals surface area contributed by atoms with E-state index in [1.807, 2.05) is 24.3 Å². The summed E-state index contributed by atoms with van der Waals surface area (Å²) in [7, 11) is 0. The number of carbonyl (C=O) groups excluding carboxylic acids is 1. The van der Waals surface area contributed by atoms with Gasteiger partial charge in [-0.25, -0.2) is 9.36 Å². The van der Waals surface area contributed by atoms with Gasteiger partial charge in [-0.05, 0) is 19.1 Å². The van der Waals surface area contributed by atoms with E-state index in [4.69, 9.17) is 5.26 Å². The van der Waals surface area contributed by atoms with Gasteiger partial charge >= 0.3 is 6.09 Å². The van der Waals surface area contributed by atoms with Crippen molar-refractivity contribution in [2.24, 2.45) is 0 Å². The first-order chi connectivity index (χ1) is 6.74. The van der Waals surface area contributed by atoms with Crippen molar-refractivity contribution in [1.29, 1.82) is 0 Å². The number of para-hydroxylation sites is 1. The Hall–Kier alpha value is -1.81. The van der Waals surface area contributed by atoms with Gasteiger partial charge in [-0.3, -0.25) is 4.89 Å². The second-order valence-corrected chi connectivity index (χ2v) is 3.04. The van der Waals surface area contributed by atoms with Crippen molar-refractivity contribution in [3.05, 3.63) is 36.0 Å². The van der Waals surface area contributed by atoms with Crippen LogP contribution in [0.3, 0.4) is 0 Å². The molecule has 14 heavy (non-hydrogen) atoms. The van der Waals surface area contributed by atoms with Crippen LogP contribution in [0.5, 0.6) is 0 Å². The van der Waals surface area contributed by atoms with Gasteiger partial charge in [0.05, 0.1) is 5.52 Å². The minimum Gasteiger partial charge on any atom is -0.277 e. The molecule has 0 radical (unpaired) electrons. The first-order valence-corrected chi connectivity index (χ1v) is 4.17. The number of hydrogen-bond acceptors (Lipinski definition) is 3. The van der Waals surface area contributed by atoms with Gasteiger partial charge in [0.1, 0.15) is 0 Å². The lowest BCUT2D eigenvalue weighted by molar-refractivity contribution is -0.177. The molecule has 4 nitrogen and oxygen atoms in total. The first-order valence-electron chi connectivity index (χ1n) is 4.17. The average molecular weight is 191 g/mol. The van der Waals surface area contributed by atoms with Crippen molar-refractivity contribution < 1.29 is 14.9 Å². The van der Waals surface area contributed by atoms with E-state index in [1.54, 1.807) is 13.0 Å². The zero-order valence-corrected chi connectivity index (χ0v) is 7.60. The van der Waals surface area contributed by atoms with Crippen molar-refractivity contribution in [2.45, 2.75) is 6.92 Å². The predicted octanol–water partition coefficient (Wildman–Crippen LogP) is 2.41. The fourth-order valence-corrected chi connectivity index (χ4v) is 1.58. The Morgan fingerprint density at radius 1 is 1.43 bits per heavy atom. The number of aryl methyl sites for hydroxylation is 1. The zero-order valence-electron chi connectivity index (χ0n) is 7.60. The Bertz CT molecular complexity index is 487. The average Bonchev–Trinajstić information content (AvgIpc) is 2.53. The van der Waals surface area contributed by atoms with Crippen LogP contribution in [-0.2, 0) is 4.89 Å². The standard InChI is InChI=1S/C10H9NO3/c1-7-6-8-4-2-3-5-9(8)11(7)10(12)14-13/h2-6,13H,1H3. The molecule has 0 fully saturated rings. The molecule has 0 amide bonds. The molecule has 0 aliphatic heterocycles. The van der Waals surface area contributed by atoms with Crippen LogP contribution < -0.4 is 0 Å². The first kappa shape index (κ1) is 8.77. The van der Waals surface area contributed by atoms with Crippen LogP contribution in [0.1, 0.15) is 5.69 Å². The molecule has 0 unspecified atom stereocenters. The summed E-state index contributed by atoms with van der Waals surface area (Å²) in [6, 6.07) is 9.24. The SMILES string of the molecule is Cc1cc2ccccc2n1C(=O)OO. The van der Waals surface area contributed by atoms with Gasteiger partial charge in [0.15, 0.2) is 0 Å². The Labute approximate surface area is 80.3 Å². The second kappa shape index (κ2) is 3.16. The van der Waals surface area contributed by atoms with Crippen molar-refractivity contribution in [1.82, 2.24) is 4.57 Å². The summed E-state index contributed by atoms with van der Waals surface area (Å²) in [5.74, 6) is 0. The fourth-order valence-electron chi connectivity index (χ4n) is 1.58. The molecule has 0 spiro atoms. The summed E-state index contributed by atoms with van der Waals surface area (Å²) in [6.45, 7) is 1.77. The van der Waals surface area contributed by atoms with Gasteiger partial charge in [0.2, 0.25) is 0 Å². The molecule has 1 N–H and O–H groups in total. The lowest BCUT2D eigenvalue weighted by Gasteiger charge is -2.01. The molecule has 0 saturated heterocycles. The molecule has 2 aromatic rings. The maximum atomic E-state index is 11.2. The van der Waals surface area contributed by atoms with Gasteiger partial charge in [-0.2, -0.15) is 5.26 Å². The summed E-state index contributed by atoms with van der Waals surface area (Å²) in [5, 5.41) is 9.26. The van der Waals surface area contributed by atoms with E-state index in [2.05, 4.69) is 4.89 Å². The van der Waals surface area contributed by atoms with E-state index >= 15 is 0 Å². The van der Waals surface area contributed by atoms with Crippen LogP contribution in [-0.4, -0.2) is 15.9 Å². The minimum atomic E-state index is -0.788. The highest BCUT2D eigenvalue weighted by molar-refractivity contribution is 5.90. The number of carbonyl (C=O) groups is 1. The summed E-state index contributed by atoms with van der Waals surface area (Å²) in [4.78, 5) is 14.9. The monoisotopic (exact) mass is 191 g/mol. The largest absolute Gasteiger partial charge is 0.449 e. The quantitative estimate of drug-likeness (QED) is 0.513. The van der Waals surface area contributed by atoms with Crippen molar-refractivity contribution in [2.75, 3.05) is 0 Å². The minimum absolute atomic E-state index is 0.726. The van der Waals surface area contributed by atoms with Crippen LogP contribution >= 0.6 is 0 Å². The number of aromatic nitrogens is 1. The maximum Gasteiger partial charge on any atom is 0.449 e. The van der Waals surface area contributed by atoms with E-state index in [1.165, 1.54) is 4.57 Å².